The van der Waals surface area contributed by atoms with Gasteiger partial charge < -0.3 is 10.6 Å². The molecule has 2 aromatic carbocycles. The molecule has 0 bridgehead atoms. The van der Waals surface area contributed by atoms with Gasteiger partial charge in [-0.25, -0.2) is 9.97 Å². The molecule has 5 nitrogen and oxygen atoms in total. The van der Waals surface area contributed by atoms with Crippen molar-refractivity contribution in [3.05, 3.63) is 82.2 Å². The molecule has 0 saturated heterocycles. The highest BCUT2D eigenvalue weighted by atomic mass is 16.1. The molecule has 1 aromatic heterocycles. The number of hydrogen-bond acceptors (Lipinski definition) is 4. The minimum absolute atomic E-state index is 0.245. The highest BCUT2D eigenvalue weighted by Crippen LogP contribution is 2.17. The van der Waals surface area contributed by atoms with E-state index in [0.717, 1.165) is 28.1 Å². The van der Waals surface area contributed by atoms with Crippen molar-refractivity contribution in [1.29, 1.82) is 0 Å². The smallest absolute Gasteiger partial charge is 0.274 e. The number of aryl methyl sites for hydroxylation is 4. The van der Waals surface area contributed by atoms with Crippen molar-refractivity contribution in [2.45, 2.75) is 34.2 Å². The lowest BCUT2D eigenvalue weighted by Gasteiger charge is -2.11. The molecular formula is C22H24N4O. The van der Waals surface area contributed by atoms with Crippen LogP contribution in [-0.2, 0) is 6.54 Å². The molecule has 0 aliphatic heterocycles. The first-order chi connectivity index (χ1) is 12.9. The number of carbonyl (C=O) groups is 1. The van der Waals surface area contributed by atoms with Gasteiger partial charge in [-0.15, -0.1) is 0 Å². The number of rotatable bonds is 5. The van der Waals surface area contributed by atoms with E-state index in [2.05, 4.69) is 51.8 Å². The molecule has 3 rings (SSSR count). The maximum Gasteiger partial charge on any atom is 0.274 e. The summed E-state index contributed by atoms with van der Waals surface area (Å²) in [5.41, 5.74) is 6.40. The number of aromatic nitrogens is 2. The fourth-order valence-electron chi connectivity index (χ4n) is 2.79. The Kier molecular flexibility index (Phi) is 5.50. The maximum atomic E-state index is 12.6. The number of amides is 1. The van der Waals surface area contributed by atoms with E-state index in [1.807, 2.05) is 39.0 Å². The Hall–Kier alpha value is -3.21. The topological polar surface area (TPSA) is 66.9 Å². The van der Waals surface area contributed by atoms with Crippen LogP contribution in [0.4, 0.5) is 11.6 Å². The predicted octanol–water partition coefficient (Wildman–Crippen LogP) is 4.57. The predicted molar refractivity (Wildman–Crippen MR) is 109 cm³/mol. The highest BCUT2D eigenvalue weighted by Gasteiger charge is 2.12. The van der Waals surface area contributed by atoms with Crippen molar-refractivity contribution >= 4 is 17.5 Å². The van der Waals surface area contributed by atoms with Crippen LogP contribution in [0.3, 0.4) is 0 Å². The fraction of sp³-hybridized carbons (Fsp3) is 0.227. The molecule has 0 unspecified atom stereocenters. The van der Waals surface area contributed by atoms with Gasteiger partial charge in [-0.05, 0) is 51.0 Å². The van der Waals surface area contributed by atoms with Crippen LogP contribution < -0.4 is 10.6 Å². The summed E-state index contributed by atoms with van der Waals surface area (Å²) in [4.78, 5) is 21.4. The molecule has 3 aromatic rings. The lowest BCUT2D eigenvalue weighted by Crippen LogP contribution is -2.16. The quantitative estimate of drug-likeness (QED) is 0.699. The number of nitrogens with zero attached hydrogens (tertiary/aromatic N) is 2. The second kappa shape index (κ2) is 7.99. The van der Waals surface area contributed by atoms with Crippen LogP contribution in [0.25, 0.3) is 0 Å². The van der Waals surface area contributed by atoms with Crippen LogP contribution >= 0.6 is 0 Å². The molecule has 138 valence electrons. The third-order valence-corrected chi connectivity index (χ3v) is 4.29. The number of carbonyl (C=O) groups excluding carboxylic acids is 1. The molecule has 1 amide bonds. The first-order valence-corrected chi connectivity index (χ1v) is 8.94. The Morgan fingerprint density at radius 3 is 2.30 bits per heavy atom. The first kappa shape index (κ1) is 18.6. The van der Waals surface area contributed by atoms with E-state index in [-0.39, 0.29) is 5.91 Å². The van der Waals surface area contributed by atoms with Crippen molar-refractivity contribution in [3.8, 4) is 0 Å². The van der Waals surface area contributed by atoms with Crippen LogP contribution in [0.15, 0.2) is 48.5 Å². The number of anilines is 2. The van der Waals surface area contributed by atoms with Crippen molar-refractivity contribution in [1.82, 2.24) is 9.97 Å². The Balaban J connectivity index is 1.73. The third-order valence-electron chi connectivity index (χ3n) is 4.29. The van der Waals surface area contributed by atoms with E-state index in [4.69, 9.17) is 0 Å². The van der Waals surface area contributed by atoms with Gasteiger partial charge in [0, 0.05) is 17.9 Å². The molecule has 0 saturated carbocycles. The third kappa shape index (κ3) is 4.91. The van der Waals surface area contributed by atoms with Crippen molar-refractivity contribution in [3.63, 3.8) is 0 Å². The summed E-state index contributed by atoms with van der Waals surface area (Å²) in [7, 11) is 0. The zero-order chi connectivity index (χ0) is 19.4. The standard InChI is InChI=1S/C22H24N4O/c1-14-5-8-18(9-6-14)13-23-22-24-17(4)12-20(26-22)21(27)25-19-10-7-15(2)11-16(19)3/h5-12H,13H2,1-4H3,(H,25,27)(H,23,24,26). The summed E-state index contributed by atoms with van der Waals surface area (Å²) in [6, 6.07) is 15.9. The van der Waals surface area contributed by atoms with Crippen molar-refractivity contribution in [2.24, 2.45) is 0 Å². The van der Waals surface area contributed by atoms with Crippen LogP contribution in [0.2, 0.25) is 0 Å². The van der Waals surface area contributed by atoms with Crippen molar-refractivity contribution < 1.29 is 4.79 Å². The summed E-state index contributed by atoms with van der Waals surface area (Å²) in [5.74, 6) is 0.201. The summed E-state index contributed by atoms with van der Waals surface area (Å²) < 4.78 is 0. The summed E-state index contributed by atoms with van der Waals surface area (Å²) >= 11 is 0. The lowest BCUT2D eigenvalue weighted by atomic mass is 10.1. The zero-order valence-corrected chi connectivity index (χ0v) is 16.1. The summed E-state index contributed by atoms with van der Waals surface area (Å²) in [5, 5.41) is 6.13. The van der Waals surface area contributed by atoms with Gasteiger partial charge in [0.25, 0.3) is 5.91 Å². The molecule has 0 aliphatic rings. The molecule has 27 heavy (non-hydrogen) atoms. The number of nitrogens with one attached hydrogen (secondary N) is 2. The first-order valence-electron chi connectivity index (χ1n) is 8.94. The van der Waals surface area contributed by atoms with E-state index in [9.17, 15) is 4.79 Å². The van der Waals surface area contributed by atoms with Gasteiger partial charge in [0.05, 0.1) is 0 Å². The Morgan fingerprint density at radius 1 is 0.889 bits per heavy atom. The molecule has 0 spiro atoms. The van der Waals surface area contributed by atoms with Crippen LogP contribution in [0.5, 0.6) is 0 Å². The molecule has 0 radical (unpaired) electrons. The van der Waals surface area contributed by atoms with E-state index < -0.39 is 0 Å². The van der Waals surface area contributed by atoms with Crippen molar-refractivity contribution in [2.75, 3.05) is 10.6 Å². The largest absolute Gasteiger partial charge is 0.350 e. The summed E-state index contributed by atoms with van der Waals surface area (Å²) in [6.45, 7) is 8.51. The van der Waals surface area contributed by atoms with Crippen LogP contribution in [-0.4, -0.2) is 15.9 Å². The molecule has 5 heteroatoms. The Labute approximate surface area is 159 Å². The van der Waals surface area contributed by atoms with E-state index in [1.165, 1.54) is 5.56 Å². The SMILES string of the molecule is Cc1ccc(CNc2nc(C)cc(C(=O)Nc3ccc(C)cc3C)n2)cc1. The highest BCUT2D eigenvalue weighted by molar-refractivity contribution is 6.03. The molecule has 0 fully saturated rings. The minimum Gasteiger partial charge on any atom is -0.350 e. The number of hydrogen-bond donors (Lipinski definition) is 2. The average Bonchev–Trinajstić information content (AvgIpc) is 2.63. The van der Waals surface area contributed by atoms with E-state index in [1.54, 1.807) is 6.07 Å². The maximum absolute atomic E-state index is 12.6. The van der Waals surface area contributed by atoms with Gasteiger partial charge in [0.1, 0.15) is 5.69 Å². The zero-order valence-electron chi connectivity index (χ0n) is 16.1. The fourth-order valence-corrected chi connectivity index (χ4v) is 2.79. The van der Waals surface area contributed by atoms with E-state index >= 15 is 0 Å². The molecule has 0 atom stereocenters. The van der Waals surface area contributed by atoms with Gasteiger partial charge in [0.2, 0.25) is 5.95 Å². The van der Waals surface area contributed by atoms with Crippen LogP contribution in [0, 0.1) is 27.7 Å². The van der Waals surface area contributed by atoms with Crippen LogP contribution in [0.1, 0.15) is 38.4 Å². The second-order valence-electron chi connectivity index (χ2n) is 6.83. The Morgan fingerprint density at radius 2 is 1.59 bits per heavy atom. The Bertz CT molecular complexity index is 965. The molecule has 2 N–H and O–H groups in total. The minimum atomic E-state index is -0.245. The van der Waals surface area contributed by atoms with Gasteiger partial charge in [-0.1, -0.05) is 47.5 Å². The van der Waals surface area contributed by atoms with Gasteiger partial charge in [0.15, 0.2) is 0 Å². The molecule has 0 aliphatic carbocycles. The monoisotopic (exact) mass is 360 g/mol. The lowest BCUT2D eigenvalue weighted by molar-refractivity contribution is 0.102. The van der Waals surface area contributed by atoms with E-state index in [0.29, 0.717) is 18.2 Å². The molecular weight excluding hydrogens is 336 g/mol. The summed E-state index contributed by atoms with van der Waals surface area (Å²) in [6.07, 6.45) is 0. The second-order valence-corrected chi connectivity index (χ2v) is 6.83. The van der Waals surface area contributed by atoms with Gasteiger partial charge in [-0.3, -0.25) is 4.79 Å². The average molecular weight is 360 g/mol. The van der Waals surface area contributed by atoms with Gasteiger partial charge in [-0.2, -0.15) is 0 Å². The number of benzene rings is 2. The normalized spacial score (nSPS) is 10.5. The molecule has 1 heterocycles. The van der Waals surface area contributed by atoms with Gasteiger partial charge >= 0.3 is 0 Å².